The normalized spacial score (nSPS) is 11.8. The van der Waals surface area contributed by atoms with Crippen LogP contribution < -0.4 is 10.6 Å². The van der Waals surface area contributed by atoms with E-state index in [-0.39, 0.29) is 11.8 Å². The number of nitrogens with zero attached hydrogens (tertiary/aromatic N) is 1. The maximum absolute atomic E-state index is 12.0. The highest BCUT2D eigenvalue weighted by molar-refractivity contribution is 6.39. The van der Waals surface area contributed by atoms with Gasteiger partial charge in [-0.15, -0.1) is 0 Å². The van der Waals surface area contributed by atoms with E-state index in [9.17, 15) is 14.7 Å². The van der Waals surface area contributed by atoms with E-state index in [1.165, 1.54) is 12.1 Å². The molecule has 0 fully saturated rings. The second kappa shape index (κ2) is 8.12. The summed E-state index contributed by atoms with van der Waals surface area (Å²) >= 11 is 0. The molecule has 1 atom stereocenters. The Morgan fingerprint density at radius 2 is 1.75 bits per heavy atom. The number of amides is 2. The van der Waals surface area contributed by atoms with Crippen molar-refractivity contribution in [3.05, 3.63) is 60.2 Å². The monoisotopic (exact) mass is 327 g/mol. The van der Waals surface area contributed by atoms with Crippen molar-refractivity contribution < 1.29 is 14.7 Å². The van der Waals surface area contributed by atoms with E-state index in [1.807, 2.05) is 49.3 Å². The van der Waals surface area contributed by atoms with E-state index in [4.69, 9.17) is 0 Å². The second-order valence-corrected chi connectivity index (χ2v) is 5.60. The molecule has 0 heterocycles. The van der Waals surface area contributed by atoms with Crippen molar-refractivity contribution in [2.75, 3.05) is 26.0 Å². The smallest absolute Gasteiger partial charge is 0.313 e. The molecule has 2 aromatic rings. The predicted molar refractivity (Wildman–Crippen MR) is 92.6 cm³/mol. The van der Waals surface area contributed by atoms with E-state index in [2.05, 4.69) is 10.6 Å². The Morgan fingerprint density at radius 3 is 2.38 bits per heavy atom. The quantitative estimate of drug-likeness (QED) is 0.731. The molecule has 1 unspecified atom stereocenters. The number of benzene rings is 2. The van der Waals surface area contributed by atoms with Crippen LogP contribution >= 0.6 is 0 Å². The minimum absolute atomic E-state index is 0.0185. The molecule has 6 heteroatoms. The van der Waals surface area contributed by atoms with Crippen molar-refractivity contribution in [1.82, 2.24) is 10.2 Å². The molecule has 2 aromatic carbocycles. The minimum atomic E-state index is -0.772. The second-order valence-electron chi connectivity index (χ2n) is 5.60. The van der Waals surface area contributed by atoms with Crippen LogP contribution in [0.3, 0.4) is 0 Å². The lowest BCUT2D eigenvalue weighted by Gasteiger charge is -2.25. The molecule has 24 heavy (non-hydrogen) atoms. The van der Waals surface area contributed by atoms with Crippen LogP contribution in [0.1, 0.15) is 11.6 Å². The molecule has 0 bridgehead atoms. The zero-order chi connectivity index (χ0) is 17.5. The fraction of sp³-hybridized carbons (Fsp3) is 0.222. The third-order valence-electron chi connectivity index (χ3n) is 3.57. The topological polar surface area (TPSA) is 81.7 Å². The largest absolute Gasteiger partial charge is 0.508 e. The van der Waals surface area contributed by atoms with Crippen LogP contribution in [-0.2, 0) is 9.59 Å². The Hall–Kier alpha value is -2.86. The molecule has 0 radical (unpaired) electrons. The summed E-state index contributed by atoms with van der Waals surface area (Å²) in [4.78, 5) is 25.9. The standard InChI is InChI=1S/C18H21N3O3/c1-21(2)16(13-7-4-3-5-8-13)12-19-17(23)18(24)20-14-9-6-10-15(22)11-14/h3-11,16,22H,12H2,1-2H3,(H,19,23)(H,20,24). The van der Waals surface area contributed by atoms with Gasteiger partial charge in [0.25, 0.3) is 0 Å². The molecule has 0 aromatic heterocycles. The van der Waals surface area contributed by atoms with E-state index in [0.717, 1.165) is 5.56 Å². The summed E-state index contributed by atoms with van der Waals surface area (Å²) < 4.78 is 0. The highest BCUT2D eigenvalue weighted by Crippen LogP contribution is 2.17. The van der Waals surface area contributed by atoms with Gasteiger partial charge in [-0.1, -0.05) is 36.4 Å². The molecule has 0 aliphatic rings. The Morgan fingerprint density at radius 1 is 1.04 bits per heavy atom. The molecule has 0 saturated heterocycles. The minimum Gasteiger partial charge on any atom is -0.508 e. The number of carbonyl (C=O) groups excluding carboxylic acids is 2. The van der Waals surface area contributed by atoms with Crippen LogP contribution in [0, 0.1) is 0 Å². The Labute approximate surface area is 141 Å². The van der Waals surface area contributed by atoms with Gasteiger partial charge in [-0.05, 0) is 31.8 Å². The number of rotatable bonds is 5. The average Bonchev–Trinajstić information content (AvgIpc) is 2.55. The molecule has 3 N–H and O–H groups in total. The lowest BCUT2D eigenvalue weighted by Crippen LogP contribution is -2.40. The first-order chi connectivity index (χ1) is 11.5. The van der Waals surface area contributed by atoms with Gasteiger partial charge in [-0.25, -0.2) is 0 Å². The SMILES string of the molecule is CN(C)C(CNC(=O)C(=O)Nc1cccc(O)c1)c1ccccc1. The molecule has 0 aliphatic heterocycles. The first-order valence-corrected chi connectivity index (χ1v) is 7.57. The first kappa shape index (κ1) is 17.5. The van der Waals surface area contributed by atoms with Gasteiger partial charge in [-0.2, -0.15) is 0 Å². The molecule has 126 valence electrons. The van der Waals surface area contributed by atoms with Crippen molar-refractivity contribution in [2.45, 2.75) is 6.04 Å². The zero-order valence-corrected chi connectivity index (χ0v) is 13.7. The van der Waals surface area contributed by atoms with Gasteiger partial charge in [0.15, 0.2) is 0 Å². The van der Waals surface area contributed by atoms with Crippen LogP contribution in [0.15, 0.2) is 54.6 Å². The van der Waals surface area contributed by atoms with Crippen LogP contribution in [0.25, 0.3) is 0 Å². The lowest BCUT2D eigenvalue weighted by molar-refractivity contribution is -0.136. The molecule has 0 saturated carbocycles. The molecular formula is C18H21N3O3. The number of anilines is 1. The van der Waals surface area contributed by atoms with Gasteiger partial charge in [0.2, 0.25) is 0 Å². The van der Waals surface area contributed by atoms with Crippen molar-refractivity contribution in [2.24, 2.45) is 0 Å². The summed E-state index contributed by atoms with van der Waals surface area (Å²) in [5.74, 6) is -1.47. The van der Waals surface area contributed by atoms with Crippen LogP contribution in [0.5, 0.6) is 5.75 Å². The summed E-state index contributed by atoms with van der Waals surface area (Å²) in [6.07, 6.45) is 0. The Kier molecular flexibility index (Phi) is 5.92. The van der Waals surface area contributed by atoms with Crippen molar-refractivity contribution in [3.8, 4) is 5.75 Å². The van der Waals surface area contributed by atoms with Crippen molar-refractivity contribution >= 4 is 17.5 Å². The Balaban J connectivity index is 1.94. The third kappa shape index (κ3) is 4.82. The zero-order valence-electron chi connectivity index (χ0n) is 13.7. The number of carbonyl (C=O) groups is 2. The number of phenolic OH excluding ortho intramolecular Hbond substituents is 1. The maximum atomic E-state index is 12.0. The highest BCUT2D eigenvalue weighted by atomic mass is 16.3. The van der Waals surface area contributed by atoms with E-state index in [0.29, 0.717) is 12.2 Å². The summed E-state index contributed by atoms with van der Waals surface area (Å²) in [7, 11) is 3.83. The molecule has 2 rings (SSSR count). The summed E-state index contributed by atoms with van der Waals surface area (Å²) in [6.45, 7) is 0.309. The van der Waals surface area contributed by atoms with Gasteiger partial charge in [0, 0.05) is 18.3 Å². The number of hydrogen-bond donors (Lipinski definition) is 3. The van der Waals surface area contributed by atoms with Gasteiger partial charge >= 0.3 is 11.8 Å². The van der Waals surface area contributed by atoms with Crippen LogP contribution in [-0.4, -0.2) is 42.5 Å². The number of nitrogens with one attached hydrogen (secondary N) is 2. The lowest BCUT2D eigenvalue weighted by atomic mass is 10.1. The fourth-order valence-electron chi connectivity index (χ4n) is 2.31. The number of hydrogen-bond acceptors (Lipinski definition) is 4. The summed E-state index contributed by atoms with van der Waals surface area (Å²) in [6, 6.07) is 15.7. The molecule has 0 aliphatic carbocycles. The van der Waals surface area contributed by atoms with Crippen molar-refractivity contribution in [1.29, 1.82) is 0 Å². The van der Waals surface area contributed by atoms with Crippen LogP contribution in [0.2, 0.25) is 0 Å². The van der Waals surface area contributed by atoms with Gasteiger partial charge < -0.3 is 20.6 Å². The van der Waals surface area contributed by atoms with Gasteiger partial charge in [-0.3, -0.25) is 9.59 Å². The molecule has 2 amide bonds. The molecule has 6 nitrogen and oxygen atoms in total. The number of phenols is 1. The highest BCUT2D eigenvalue weighted by Gasteiger charge is 2.18. The van der Waals surface area contributed by atoms with E-state index in [1.54, 1.807) is 12.1 Å². The van der Waals surface area contributed by atoms with E-state index < -0.39 is 11.8 Å². The Bertz CT molecular complexity index is 702. The maximum Gasteiger partial charge on any atom is 0.313 e. The van der Waals surface area contributed by atoms with Crippen molar-refractivity contribution in [3.63, 3.8) is 0 Å². The summed E-state index contributed by atoms with van der Waals surface area (Å²) in [5.41, 5.74) is 1.42. The molecule has 0 spiro atoms. The molecular weight excluding hydrogens is 306 g/mol. The number of aromatic hydroxyl groups is 1. The predicted octanol–water partition coefficient (Wildman–Crippen LogP) is 1.75. The van der Waals surface area contributed by atoms with Gasteiger partial charge in [0.05, 0.1) is 6.04 Å². The van der Waals surface area contributed by atoms with Gasteiger partial charge in [0.1, 0.15) is 5.75 Å². The number of likely N-dealkylation sites (N-methyl/N-ethyl adjacent to an activating group) is 1. The summed E-state index contributed by atoms with van der Waals surface area (Å²) in [5, 5.41) is 14.5. The average molecular weight is 327 g/mol. The third-order valence-corrected chi connectivity index (χ3v) is 3.57. The van der Waals surface area contributed by atoms with E-state index >= 15 is 0 Å². The first-order valence-electron chi connectivity index (χ1n) is 7.57. The fourth-order valence-corrected chi connectivity index (χ4v) is 2.31. The van der Waals surface area contributed by atoms with Crippen LogP contribution in [0.4, 0.5) is 5.69 Å².